The zero-order chi connectivity index (χ0) is 9.97. The van der Waals surface area contributed by atoms with Crippen molar-refractivity contribution in [1.82, 2.24) is 4.90 Å². The van der Waals surface area contributed by atoms with Crippen molar-refractivity contribution in [2.75, 3.05) is 13.1 Å². The second kappa shape index (κ2) is 4.63. The van der Waals surface area contributed by atoms with E-state index < -0.39 is 0 Å². The molecule has 2 aliphatic rings. The zero-order valence-corrected chi connectivity index (χ0v) is 9.41. The lowest BCUT2D eigenvalue weighted by Gasteiger charge is -2.23. The molecule has 2 saturated carbocycles. The maximum Gasteiger partial charge on any atom is 0.00963 e. The Morgan fingerprint density at radius 2 is 2.00 bits per heavy atom. The third kappa shape index (κ3) is 2.48. The quantitative estimate of drug-likeness (QED) is 0.728. The third-order valence-electron chi connectivity index (χ3n) is 3.97. The Hall–Kier alpha value is -0.0800. The number of hydrogen-bond donors (Lipinski definition) is 1. The Balaban J connectivity index is 1.69. The topological polar surface area (TPSA) is 29.3 Å². The van der Waals surface area contributed by atoms with E-state index in [1.165, 1.54) is 51.6 Å². The van der Waals surface area contributed by atoms with Gasteiger partial charge in [-0.05, 0) is 51.1 Å². The predicted molar refractivity (Wildman–Crippen MR) is 60.2 cm³/mol. The van der Waals surface area contributed by atoms with E-state index in [4.69, 9.17) is 5.73 Å². The van der Waals surface area contributed by atoms with Gasteiger partial charge in [0.25, 0.3) is 0 Å². The number of hydrogen-bond acceptors (Lipinski definition) is 2. The molecule has 2 unspecified atom stereocenters. The largest absolute Gasteiger partial charge is 0.327 e. The van der Waals surface area contributed by atoms with Crippen molar-refractivity contribution in [2.45, 2.75) is 57.5 Å². The summed E-state index contributed by atoms with van der Waals surface area (Å²) in [4.78, 5) is 2.64. The highest BCUT2D eigenvalue weighted by Crippen LogP contribution is 2.30. The van der Waals surface area contributed by atoms with Crippen LogP contribution in [0.3, 0.4) is 0 Å². The first-order valence-electron chi connectivity index (χ1n) is 6.31. The molecule has 14 heavy (non-hydrogen) atoms. The van der Waals surface area contributed by atoms with Crippen molar-refractivity contribution < 1.29 is 0 Å². The summed E-state index contributed by atoms with van der Waals surface area (Å²) < 4.78 is 0. The average Bonchev–Trinajstić information content (AvgIpc) is 2.93. The van der Waals surface area contributed by atoms with Crippen molar-refractivity contribution >= 4 is 0 Å². The van der Waals surface area contributed by atoms with E-state index in [0.717, 1.165) is 12.0 Å². The first-order chi connectivity index (χ1) is 6.81. The van der Waals surface area contributed by atoms with Crippen LogP contribution in [-0.4, -0.2) is 30.1 Å². The molecule has 2 aliphatic carbocycles. The van der Waals surface area contributed by atoms with Gasteiger partial charge in [-0.15, -0.1) is 0 Å². The van der Waals surface area contributed by atoms with Crippen LogP contribution in [0.15, 0.2) is 0 Å². The standard InChI is InChI=1S/C12H24N2/c1-2-14(11-6-7-11)9-8-10-4-3-5-12(10)13/h10-12H,2-9,13H2,1H3. The minimum atomic E-state index is 0.507. The number of rotatable bonds is 5. The molecule has 0 aliphatic heterocycles. The molecule has 2 fully saturated rings. The molecule has 0 amide bonds. The van der Waals surface area contributed by atoms with Gasteiger partial charge >= 0.3 is 0 Å². The van der Waals surface area contributed by atoms with Gasteiger partial charge in [-0.2, -0.15) is 0 Å². The van der Waals surface area contributed by atoms with Gasteiger partial charge in [-0.3, -0.25) is 0 Å². The SMILES string of the molecule is CCN(CCC1CCCC1N)C1CC1. The van der Waals surface area contributed by atoms with E-state index in [1.807, 2.05) is 0 Å². The highest BCUT2D eigenvalue weighted by atomic mass is 15.2. The summed E-state index contributed by atoms with van der Waals surface area (Å²) in [6.07, 6.45) is 8.21. The highest BCUT2D eigenvalue weighted by molar-refractivity contribution is 4.86. The number of nitrogens with zero attached hydrogens (tertiary/aromatic N) is 1. The van der Waals surface area contributed by atoms with E-state index in [9.17, 15) is 0 Å². The Morgan fingerprint density at radius 3 is 2.50 bits per heavy atom. The van der Waals surface area contributed by atoms with Gasteiger partial charge in [0.2, 0.25) is 0 Å². The Kier molecular flexibility index (Phi) is 3.45. The lowest BCUT2D eigenvalue weighted by Crippen LogP contribution is -2.31. The second-order valence-electron chi connectivity index (χ2n) is 5.00. The molecule has 0 aromatic heterocycles. The summed E-state index contributed by atoms with van der Waals surface area (Å²) in [5, 5.41) is 0. The third-order valence-corrected chi connectivity index (χ3v) is 3.97. The fourth-order valence-electron chi connectivity index (χ4n) is 2.79. The fraction of sp³-hybridized carbons (Fsp3) is 1.00. The summed E-state index contributed by atoms with van der Waals surface area (Å²) in [6.45, 7) is 4.80. The molecule has 0 saturated heterocycles. The average molecular weight is 196 g/mol. The maximum atomic E-state index is 6.08. The van der Waals surface area contributed by atoms with Crippen molar-refractivity contribution in [1.29, 1.82) is 0 Å². The van der Waals surface area contributed by atoms with Crippen LogP contribution < -0.4 is 5.73 Å². The van der Waals surface area contributed by atoms with E-state index in [2.05, 4.69) is 11.8 Å². The minimum absolute atomic E-state index is 0.507. The molecular weight excluding hydrogens is 172 g/mol. The smallest absolute Gasteiger partial charge is 0.00963 e. The molecule has 2 N–H and O–H groups in total. The van der Waals surface area contributed by atoms with E-state index in [-0.39, 0.29) is 0 Å². The monoisotopic (exact) mass is 196 g/mol. The summed E-state index contributed by atoms with van der Waals surface area (Å²) in [5.41, 5.74) is 6.08. The van der Waals surface area contributed by atoms with Gasteiger partial charge in [0.05, 0.1) is 0 Å². The molecule has 2 heteroatoms. The minimum Gasteiger partial charge on any atom is -0.327 e. The molecule has 0 aromatic rings. The predicted octanol–water partition coefficient (Wildman–Crippen LogP) is 1.99. The van der Waals surface area contributed by atoms with Gasteiger partial charge in [0.15, 0.2) is 0 Å². The first kappa shape index (κ1) is 10.4. The molecule has 2 rings (SSSR count). The summed E-state index contributed by atoms with van der Waals surface area (Å²) >= 11 is 0. The van der Waals surface area contributed by atoms with Crippen molar-refractivity contribution in [2.24, 2.45) is 11.7 Å². The number of nitrogens with two attached hydrogens (primary N) is 1. The van der Waals surface area contributed by atoms with Crippen LogP contribution in [0.2, 0.25) is 0 Å². The highest BCUT2D eigenvalue weighted by Gasteiger charge is 2.29. The fourth-order valence-corrected chi connectivity index (χ4v) is 2.79. The normalized spacial score (nSPS) is 32.8. The Morgan fingerprint density at radius 1 is 1.21 bits per heavy atom. The van der Waals surface area contributed by atoms with E-state index in [1.54, 1.807) is 0 Å². The molecule has 2 atom stereocenters. The van der Waals surface area contributed by atoms with E-state index in [0.29, 0.717) is 6.04 Å². The molecule has 82 valence electrons. The zero-order valence-electron chi connectivity index (χ0n) is 9.41. The summed E-state index contributed by atoms with van der Waals surface area (Å²) in [5.74, 6) is 0.822. The molecule has 0 spiro atoms. The van der Waals surface area contributed by atoms with Crippen molar-refractivity contribution in [3.8, 4) is 0 Å². The molecular formula is C12H24N2. The van der Waals surface area contributed by atoms with Crippen LogP contribution >= 0.6 is 0 Å². The molecule has 0 aromatic carbocycles. The van der Waals surface area contributed by atoms with Crippen LogP contribution in [0, 0.1) is 5.92 Å². The molecule has 0 bridgehead atoms. The van der Waals surface area contributed by atoms with Crippen LogP contribution in [0.1, 0.15) is 45.4 Å². The maximum absolute atomic E-state index is 6.08. The molecule has 2 nitrogen and oxygen atoms in total. The second-order valence-corrected chi connectivity index (χ2v) is 5.00. The van der Waals surface area contributed by atoms with Gasteiger partial charge in [0.1, 0.15) is 0 Å². The van der Waals surface area contributed by atoms with Gasteiger partial charge in [-0.25, -0.2) is 0 Å². The first-order valence-corrected chi connectivity index (χ1v) is 6.31. The summed E-state index contributed by atoms with van der Waals surface area (Å²) in [7, 11) is 0. The van der Waals surface area contributed by atoms with Crippen LogP contribution in [-0.2, 0) is 0 Å². The van der Waals surface area contributed by atoms with Crippen molar-refractivity contribution in [3.05, 3.63) is 0 Å². The van der Waals surface area contributed by atoms with Crippen molar-refractivity contribution in [3.63, 3.8) is 0 Å². The van der Waals surface area contributed by atoms with Crippen LogP contribution in [0.25, 0.3) is 0 Å². The Labute approximate surface area is 87.8 Å². The lowest BCUT2D eigenvalue weighted by atomic mass is 10.00. The van der Waals surface area contributed by atoms with Gasteiger partial charge in [0, 0.05) is 12.1 Å². The van der Waals surface area contributed by atoms with Gasteiger partial charge < -0.3 is 10.6 Å². The molecule has 0 radical (unpaired) electrons. The van der Waals surface area contributed by atoms with Crippen LogP contribution in [0.5, 0.6) is 0 Å². The molecule has 0 heterocycles. The lowest BCUT2D eigenvalue weighted by molar-refractivity contribution is 0.249. The Bertz CT molecular complexity index is 175. The van der Waals surface area contributed by atoms with Crippen LogP contribution in [0.4, 0.5) is 0 Å². The summed E-state index contributed by atoms with van der Waals surface area (Å²) in [6, 6.07) is 1.44. The van der Waals surface area contributed by atoms with Gasteiger partial charge in [-0.1, -0.05) is 13.3 Å². The van der Waals surface area contributed by atoms with E-state index >= 15 is 0 Å².